The summed E-state index contributed by atoms with van der Waals surface area (Å²) < 4.78 is 0. The summed E-state index contributed by atoms with van der Waals surface area (Å²) in [4.78, 5) is 56.5. The van der Waals surface area contributed by atoms with Gasteiger partial charge in [0.15, 0.2) is 0 Å². The number of hydrogen-bond acceptors (Lipinski definition) is 4. The van der Waals surface area contributed by atoms with Gasteiger partial charge in [0.2, 0.25) is 17.7 Å². The van der Waals surface area contributed by atoms with E-state index in [1.54, 1.807) is 53.4 Å². The summed E-state index contributed by atoms with van der Waals surface area (Å²) in [5.74, 6) is -1.59. The van der Waals surface area contributed by atoms with Gasteiger partial charge in [-0.3, -0.25) is 19.2 Å². The first kappa shape index (κ1) is 31.5. The number of nitrogens with two attached hydrogens (primary N) is 1. The molecular formula is C36H35ClN4O4. The smallest absolute Gasteiger partial charge is 0.250 e. The second-order valence-corrected chi connectivity index (χ2v) is 11.7. The molecule has 230 valence electrons. The summed E-state index contributed by atoms with van der Waals surface area (Å²) in [6, 6.07) is 25.3. The SMILES string of the molecule is C=CC(=O)Nc1ccc(CC(=O)N2C(C)CCN(C(Cc3cccc4ccccc34)C(N)=O)C(=O)C2c2cccc(Cl)c2)cc1. The molecule has 4 aromatic carbocycles. The molecule has 0 saturated carbocycles. The lowest BCUT2D eigenvalue weighted by Gasteiger charge is -2.36. The summed E-state index contributed by atoms with van der Waals surface area (Å²) >= 11 is 6.38. The lowest BCUT2D eigenvalue weighted by Crippen LogP contribution is -2.52. The van der Waals surface area contributed by atoms with Crippen LogP contribution in [-0.2, 0) is 32.0 Å². The van der Waals surface area contributed by atoms with Crippen molar-refractivity contribution in [3.05, 3.63) is 125 Å². The van der Waals surface area contributed by atoms with Crippen LogP contribution in [0.15, 0.2) is 104 Å². The van der Waals surface area contributed by atoms with E-state index >= 15 is 0 Å². The lowest BCUT2D eigenvalue weighted by molar-refractivity contribution is -0.148. The summed E-state index contributed by atoms with van der Waals surface area (Å²) in [5.41, 5.74) is 8.74. The highest BCUT2D eigenvalue weighted by Gasteiger charge is 2.43. The van der Waals surface area contributed by atoms with Crippen LogP contribution in [0.5, 0.6) is 0 Å². The maximum absolute atomic E-state index is 14.6. The zero-order chi connectivity index (χ0) is 32.1. The molecule has 1 aliphatic rings. The lowest BCUT2D eigenvalue weighted by atomic mass is 9.96. The Morgan fingerprint density at radius 3 is 2.44 bits per heavy atom. The highest BCUT2D eigenvalue weighted by Crippen LogP contribution is 2.33. The summed E-state index contributed by atoms with van der Waals surface area (Å²) in [6.07, 6.45) is 1.89. The van der Waals surface area contributed by atoms with E-state index in [1.165, 1.54) is 11.0 Å². The van der Waals surface area contributed by atoms with Crippen molar-refractivity contribution in [3.8, 4) is 0 Å². The number of carbonyl (C=O) groups excluding carboxylic acids is 4. The molecule has 0 aliphatic carbocycles. The van der Waals surface area contributed by atoms with Gasteiger partial charge < -0.3 is 20.9 Å². The summed E-state index contributed by atoms with van der Waals surface area (Å²) in [7, 11) is 0. The fourth-order valence-electron chi connectivity index (χ4n) is 5.99. The fraction of sp³-hybridized carbons (Fsp3) is 0.222. The molecule has 1 aliphatic heterocycles. The maximum atomic E-state index is 14.6. The molecule has 45 heavy (non-hydrogen) atoms. The van der Waals surface area contributed by atoms with E-state index in [1.807, 2.05) is 49.4 Å². The molecule has 9 heteroatoms. The minimum atomic E-state index is -1.02. The number of benzene rings is 4. The van der Waals surface area contributed by atoms with Crippen molar-refractivity contribution in [2.75, 3.05) is 11.9 Å². The van der Waals surface area contributed by atoms with Crippen LogP contribution in [0.2, 0.25) is 5.02 Å². The number of amides is 4. The van der Waals surface area contributed by atoms with Gasteiger partial charge in [0.05, 0.1) is 6.42 Å². The Morgan fingerprint density at radius 1 is 1.02 bits per heavy atom. The van der Waals surface area contributed by atoms with Crippen molar-refractivity contribution in [3.63, 3.8) is 0 Å². The molecular weight excluding hydrogens is 588 g/mol. The van der Waals surface area contributed by atoms with Crippen LogP contribution in [0, 0.1) is 0 Å². The van der Waals surface area contributed by atoms with E-state index in [-0.39, 0.29) is 43.1 Å². The van der Waals surface area contributed by atoms with Gasteiger partial charge in [-0.1, -0.05) is 84.9 Å². The fourth-order valence-corrected chi connectivity index (χ4v) is 6.19. The highest BCUT2D eigenvalue weighted by molar-refractivity contribution is 6.30. The van der Waals surface area contributed by atoms with E-state index in [4.69, 9.17) is 17.3 Å². The number of primary amides is 1. The van der Waals surface area contributed by atoms with Crippen molar-refractivity contribution in [1.82, 2.24) is 9.80 Å². The molecule has 3 atom stereocenters. The minimum Gasteiger partial charge on any atom is -0.368 e. The normalized spacial score (nSPS) is 17.4. The molecule has 0 aromatic heterocycles. The molecule has 4 aromatic rings. The van der Waals surface area contributed by atoms with Crippen LogP contribution in [-0.4, -0.2) is 52.1 Å². The Hall–Kier alpha value is -4.95. The van der Waals surface area contributed by atoms with Crippen LogP contribution in [0.3, 0.4) is 0 Å². The third-order valence-electron chi connectivity index (χ3n) is 8.27. The Bertz CT molecular complexity index is 1750. The van der Waals surface area contributed by atoms with Gasteiger partial charge in [0.1, 0.15) is 12.1 Å². The van der Waals surface area contributed by atoms with Gasteiger partial charge >= 0.3 is 0 Å². The van der Waals surface area contributed by atoms with Crippen LogP contribution < -0.4 is 11.1 Å². The van der Waals surface area contributed by atoms with Crippen molar-refractivity contribution in [1.29, 1.82) is 0 Å². The van der Waals surface area contributed by atoms with Gasteiger partial charge in [-0.15, -0.1) is 0 Å². The van der Waals surface area contributed by atoms with Gasteiger partial charge in [-0.2, -0.15) is 0 Å². The first-order chi connectivity index (χ1) is 21.7. The standard InChI is InChI=1S/C36H35ClN4O4/c1-3-32(42)39-29-16-14-24(15-17-29)20-33(43)41-23(2)18-19-40(36(45)34(41)27-11-7-12-28(37)21-27)31(35(38)44)22-26-10-6-9-25-8-4-5-13-30(25)26/h3-17,21,23,31,34H,1,18-20,22H2,2H3,(H2,38,44)(H,39,42). The molecule has 8 nitrogen and oxygen atoms in total. The van der Waals surface area contributed by atoms with E-state index in [9.17, 15) is 19.2 Å². The zero-order valence-corrected chi connectivity index (χ0v) is 25.7. The Morgan fingerprint density at radius 2 is 1.73 bits per heavy atom. The predicted molar refractivity (Wildman–Crippen MR) is 176 cm³/mol. The molecule has 1 fully saturated rings. The van der Waals surface area contributed by atoms with Crippen LogP contribution in [0.25, 0.3) is 10.8 Å². The number of halogens is 1. The topological polar surface area (TPSA) is 113 Å². The van der Waals surface area contributed by atoms with Gasteiger partial charge in [-0.05, 0) is 71.1 Å². The number of rotatable bonds is 9. The predicted octanol–water partition coefficient (Wildman–Crippen LogP) is 5.45. The Balaban J connectivity index is 1.48. The quantitative estimate of drug-likeness (QED) is 0.242. The van der Waals surface area contributed by atoms with Crippen molar-refractivity contribution in [2.24, 2.45) is 5.73 Å². The van der Waals surface area contributed by atoms with Gasteiger partial charge in [-0.25, -0.2) is 0 Å². The summed E-state index contributed by atoms with van der Waals surface area (Å²) in [5, 5.41) is 5.13. The average Bonchev–Trinajstić information content (AvgIpc) is 3.16. The Kier molecular flexibility index (Phi) is 9.64. The second kappa shape index (κ2) is 13.8. The zero-order valence-electron chi connectivity index (χ0n) is 25.0. The molecule has 3 unspecified atom stereocenters. The number of fused-ring (bicyclic) bond motifs is 1. The second-order valence-electron chi connectivity index (χ2n) is 11.3. The third kappa shape index (κ3) is 7.07. The first-order valence-electron chi connectivity index (χ1n) is 14.8. The number of nitrogens with zero attached hydrogens (tertiary/aromatic N) is 2. The van der Waals surface area contributed by atoms with Crippen molar-refractivity contribution >= 4 is 51.7 Å². The molecule has 0 spiro atoms. The van der Waals surface area contributed by atoms with E-state index in [0.29, 0.717) is 28.3 Å². The Labute approximate surface area is 267 Å². The highest BCUT2D eigenvalue weighted by atomic mass is 35.5. The monoisotopic (exact) mass is 622 g/mol. The number of anilines is 1. The first-order valence-corrected chi connectivity index (χ1v) is 15.2. The molecule has 0 radical (unpaired) electrons. The summed E-state index contributed by atoms with van der Waals surface area (Å²) in [6.45, 7) is 5.61. The van der Waals surface area contributed by atoms with Crippen LogP contribution >= 0.6 is 11.6 Å². The number of nitrogens with one attached hydrogen (secondary N) is 1. The third-order valence-corrected chi connectivity index (χ3v) is 8.51. The molecule has 0 bridgehead atoms. The average molecular weight is 623 g/mol. The molecule has 5 rings (SSSR count). The van der Waals surface area contributed by atoms with Crippen LogP contribution in [0.1, 0.15) is 36.1 Å². The molecule has 4 amide bonds. The number of hydrogen-bond donors (Lipinski definition) is 2. The van der Waals surface area contributed by atoms with Gasteiger partial charge in [0.25, 0.3) is 5.91 Å². The van der Waals surface area contributed by atoms with E-state index in [2.05, 4.69) is 11.9 Å². The van der Waals surface area contributed by atoms with Crippen molar-refractivity contribution in [2.45, 2.75) is 44.3 Å². The van der Waals surface area contributed by atoms with E-state index < -0.39 is 18.0 Å². The maximum Gasteiger partial charge on any atom is 0.250 e. The molecule has 1 heterocycles. The van der Waals surface area contributed by atoms with Gasteiger partial charge in [0, 0.05) is 29.7 Å². The van der Waals surface area contributed by atoms with E-state index in [0.717, 1.165) is 16.3 Å². The van der Waals surface area contributed by atoms with Crippen LogP contribution in [0.4, 0.5) is 5.69 Å². The molecule has 3 N–H and O–H groups in total. The van der Waals surface area contributed by atoms with Crippen molar-refractivity contribution < 1.29 is 19.2 Å². The number of carbonyl (C=O) groups is 4. The molecule has 1 saturated heterocycles. The largest absolute Gasteiger partial charge is 0.368 e. The minimum absolute atomic E-state index is 0.0274.